The van der Waals surface area contributed by atoms with E-state index in [9.17, 15) is 9.59 Å². The van der Waals surface area contributed by atoms with Gasteiger partial charge in [0.15, 0.2) is 11.6 Å². The Morgan fingerprint density at radius 2 is 1.68 bits per heavy atom. The molecule has 0 aliphatic carbocycles. The van der Waals surface area contributed by atoms with E-state index >= 15 is 0 Å². The van der Waals surface area contributed by atoms with Gasteiger partial charge in [0.05, 0.1) is 11.7 Å². The molecule has 2 aliphatic rings. The predicted molar refractivity (Wildman–Crippen MR) is 95.3 cm³/mol. The SMILES string of the molecule is CN1CCN(c2nsnc2N2CCN(C(=O)OC(C)(C)C)CC2)C1=O. The Morgan fingerprint density at radius 3 is 2.24 bits per heavy atom. The number of piperazine rings is 1. The van der Waals surface area contributed by atoms with Gasteiger partial charge in [0.2, 0.25) is 0 Å². The molecule has 138 valence electrons. The van der Waals surface area contributed by atoms with E-state index in [-0.39, 0.29) is 12.1 Å². The number of rotatable bonds is 2. The Morgan fingerprint density at radius 1 is 1.04 bits per heavy atom. The summed E-state index contributed by atoms with van der Waals surface area (Å²) in [5, 5.41) is 0. The molecule has 3 heterocycles. The number of urea groups is 1. The number of hydrogen-bond donors (Lipinski definition) is 0. The van der Waals surface area contributed by atoms with Gasteiger partial charge < -0.3 is 19.4 Å². The van der Waals surface area contributed by atoms with Crippen LogP contribution < -0.4 is 9.80 Å². The number of carbonyl (C=O) groups is 2. The van der Waals surface area contributed by atoms with Crippen molar-refractivity contribution in [2.75, 3.05) is 56.1 Å². The number of likely N-dealkylation sites (N-methyl/N-ethyl adjacent to an activating group) is 1. The summed E-state index contributed by atoms with van der Waals surface area (Å²) in [6, 6.07) is -0.0543. The Bertz CT molecular complexity index is 650. The fourth-order valence-electron chi connectivity index (χ4n) is 2.82. The maximum atomic E-state index is 12.2. The molecule has 3 amide bonds. The topological polar surface area (TPSA) is 82.1 Å². The Labute approximate surface area is 151 Å². The third kappa shape index (κ3) is 3.78. The minimum Gasteiger partial charge on any atom is -0.444 e. The first-order valence-electron chi connectivity index (χ1n) is 8.34. The predicted octanol–water partition coefficient (Wildman–Crippen LogP) is 1.47. The van der Waals surface area contributed by atoms with E-state index in [4.69, 9.17) is 4.74 Å². The molecular formula is C15H24N6O3S. The van der Waals surface area contributed by atoms with Crippen LogP contribution in [-0.2, 0) is 4.74 Å². The lowest BCUT2D eigenvalue weighted by Gasteiger charge is -2.36. The van der Waals surface area contributed by atoms with Gasteiger partial charge in [0, 0.05) is 46.3 Å². The molecule has 10 heteroatoms. The molecule has 2 saturated heterocycles. The van der Waals surface area contributed by atoms with E-state index in [0.29, 0.717) is 45.1 Å². The minimum absolute atomic E-state index is 0.0543. The van der Waals surface area contributed by atoms with Gasteiger partial charge in [0.1, 0.15) is 5.60 Å². The molecule has 0 atom stereocenters. The molecule has 0 radical (unpaired) electrons. The van der Waals surface area contributed by atoms with Crippen molar-refractivity contribution in [3.63, 3.8) is 0 Å². The van der Waals surface area contributed by atoms with Gasteiger partial charge in [-0.25, -0.2) is 9.59 Å². The average molecular weight is 368 g/mol. The van der Waals surface area contributed by atoms with Crippen molar-refractivity contribution in [1.82, 2.24) is 18.5 Å². The zero-order valence-corrected chi connectivity index (χ0v) is 15.9. The van der Waals surface area contributed by atoms with E-state index in [0.717, 1.165) is 17.5 Å². The van der Waals surface area contributed by atoms with Crippen molar-refractivity contribution in [3.8, 4) is 0 Å². The molecule has 0 aromatic carbocycles. The monoisotopic (exact) mass is 368 g/mol. The zero-order valence-electron chi connectivity index (χ0n) is 15.1. The van der Waals surface area contributed by atoms with Crippen molar-refractivity contribution >= 4 is 35.5 Å². The average Bonchev–Trinajstić information content (AvgIpc) is 3.14. The molecule has 0 bridgehead atoms. The van der Waals surface area contributed by atoms with Crippen LogP contribution in [0.3, 0.4) is 0 Å². The maximum absolute atomic E-state index is 12.2. The van der Waals surface area contributed by atoms with Crippen molar-refractivity contribution < 1.29 is 14.3 Å². The number of carbonyl (C=O) groups excluding carboxylic acids is 2. The van der Waals surface area contributed by atoms with Crippen LogP contribution in [0.1, 0.15) is 20.8 Å². The van der Waals surface area contributed by atoms with Gasteiger partial charge in [-0.2, -0.15) is 8.75 Å². The molecular weight excluding hydrogens is 344 g/mol. The Balaban J connectivity index is 1.64. The number of aromatic nitrogens is 2. The summed E-state index contributed by atoms with van der Waals surface area (Å²) in [4.78, 5) is 31.5. The van der Waals surface area contributed by atoms with Gasteiger partial charge >= 0.3 is 12.1 Å². The summed E-state index contributed by atoms with van der Waals surface area (Å²) in [6.07, 6.45) is -0.292. The third-order valence-electron chi connectivity index (χ3n) is 4.16. The van der Waals surface area contributed by atoms with Gasteiger partial charge in [-0.15, -0.1) is 0 Å². The van der Waals surface area contributed by atoms with Gasteiger partial charge in [-0.05, 0) is 20.8 Å². The van der Waals surface area contributed by atoms with Crippen LogP contribution in [0.5, 0.6) is 0 Å². The fourth-order valence-corrected chi connectivity index (χ4v) is 3.39. The normalized spacial score (nSPS) is 19.0. The first kappa shape index (κ1) is 17.7. The fraction of sp³-hybridized carbons (Fsp3) is 0.733. The van der Waals surface area contributed by atoms with E-state index in [1.807, 2.05) is 20.8 Å². The van der Waals surface area contributed by atoms with Gasteiger partial charge in [0.25, 0.3) is 0 Å². The highest BCUT2D eigenvalue weighted by Gasteiger charge is 2.34. The van der Waals surface area contributed by atoms with Crippen LogP contribution in [0.15, 0.2) is 0 Å². The summed E-state index contributed by atoms with van der Waals surface area (Å²) in [5.74, 6) is 1.34. The number of amides is 3. The molecule has 2 aliphatic heterocycles. The highest BCUT2D eigenvalue weighted by atomic mass is 32.1. The zero-order chi connectivity index (χ0) is 18.2. The number of nitrogens with zero attached hydrogens (tertiary/aromatic N) is 6. The Hall–Kier alpha value is -2.10. The molecule has 0 N–H and O–H groups in total. The van der Waals surface area contributed by atoms with E-state index in [1.165, 1.54) is 0 Å². The standard InChI is InChI=1S/C15H24N6O3S/c1-15(2,3)24-14(23)20-8-6-19(7-9-20)11-12(17-25-16-11)21-10-5-18(4)13(21)22/h5-10H2,1-4H3. The largest absolute Gasteiger partial charge is 0.444 e. The van der Waals surface area contributed by atoms with Crippen molar-refractivity contribution in [2.24, 2.45) is 0 Å². The lowest BCUT2D eigenvalue weighted by atomic mass is 10.2. The summed E-state index contributed by atoms with van der Waals surface area (Å²) in [6.45, 7) is 9.26. The molecule has 1 aromatic rings. The van der Waals surface area contributed by atoms with Gasteiger partial charge in [-0.1, -0.05) is 0 Å². The molecule has 0 saturated carbocycles. The summed E-state index contributed by atoms with van der Waals surface area (Å²) in [5.41, 5.74) is -0.498. The lowest BCUT2D eigenvalue weighted by molar-refractivity contribution is 0.0240. The van der Waals surface area contributed by atoms with Gasteiger partial charge in [-0.3, -0.25) is 4.90 Å². The second-order valence-corrected chi connectivity index (χ2v) is 7.75. The van der Waals surface area contributed by atoms with Crippen LogP contribution >= 0.6 is 11.7 Å². The number of ether oxygens (including phenoxy) is 1. The summed E-state index contributed by atoms with van der Waals surface area (Å²) in [7, 11) is 1.78. The second-order valence-electron chi connectivity index (χ2n) is 7.22. The quantitative estimate of drug-likeness (QED) is 0.786. The first-order chi connectivity index (χ1) is 11.8. The van der Waals surface area contributed by atoms with Crippen LogP contribution in [0.2, 0.25) is 0 Å². The number of anilines is 2. The van der Waals surface area contributed by atoms with Crippen LogP contribution in [0.25, 0.3) is 0 Å². The molecule has 0 unspecified atom stereocenters. The highest BCUT2D eigenvalue weighted by molar-refractivity contribution is 6.99. The molecule has 25 heavy (non-hydrogen) atoms. The molecule has 2 fully saturated rings. The third-order valence-corrected chi connectivity index (χ3v) is 4.67. The number of hydrogen-bond acceptors (Lipinski definition) is 7. The first-order valence-corrected chi connectivity index (χ1v) is 9.07. The van der Waals surface area contributed by atoms with Crippen molar-refractivity contribution in [2.45, 2.75) is 26.4 Å². The van der Waals surface area contributed by atoms with Crippen molar-refractivity contribution in [1.29, 1.82) is 0 Å². The highest BCUT2D eigenvalue weighted by Crippen LogP contribution is 2.30. The molecule has 0 spiro atoms. The molecule has 1 aromatic heterocycles. The van der Waals surface area contributed by atoms with E-state index in [2.05, 4.69) is 13.6 Å². The van der Waals surface area contributed by atoms with Crippen LogP contribution in [-0.4, -0.2) is 82.6 Å². The van der Waals surface area contributed by atoms with Crippen molar-refractivity contribution in [3.05, 3.63) is 0 Å². The lowest BCUT2D eigenvalue weighted by Crippen LogP contribution is -2.50. The minimum atomic E-state index is -0.498. The second kappa shape index (κ2) is 6.66. The van der Waals surface area contributed by atoms with E-state index in [1.54, 1.807) is 21.7 Å². The molecule has 3 rings (SSSR count). The molecule has 9 nitrogen and oxygen atoms in total. The van der Waals surface area contributed by atoms with Crippen LogP contribution in [0, 0.1) is 0 Å². The van der Waals surface area contributed by atoms with Crippen LogP contribution in [0.4, 0.5) is 21.2 Å². The maximum Gasteiger partial charge on any atom is 0.410 e. The van der Waals surface area contributed by atoms with E-state index < -0.39 is 5.60 Å². The summed E-state index contributed by atoms with van der Waals surface area (Å²) >= 11 is 1.11. The summed E-state index contributed by atoms with van der Waals surface area (Å²) < 4.78 is 14.1. The Kier molecular flexibility index (Phi) is 4.72. The smallest absolute Gasteiger partial charge is 0.410 e.